The van der Waals surface area contributed by atoms with Gasteiger partial charge in [-0.05, 0) is 30.9 Å². The number of rotatable bonds is 4. The van der Waals surface area contributed by atoms with Gasteiger partial charge in [-0.1, -0.05) is 25.1 Å². The third-order valence-corrected chi connectivity index (χ3v) is 3.78. The molecular weight excluding hydrogens is 240 g/mol. The minimum Gasteiger partial charge on any atom is -0.484 e. The van der Waals surface area contributed by atoms with Gasteiger partial charge in [0.25, 0.3) is 5.91 Å². The minimum absolute atomic E-state index is 0.0332. The number of hydrogen-bond acceptors (Lipinski definition) is 3. The van der Waals surface area contributed by atoms with Crippen LogP contribution in [-0.2, 0) is 4.79 Å². The number of carbonyl (C=O) groups is 1. The summed E-state index contributed by atoms with van der Waals surface area (Å²) >= 11 is 0. The van der Waals surface area contributed by atoms with Crippen LogP contribution < -0.4 is 10.5 Å². The quantitative estimate of drug-likeness (QED) is 0.897. The van der Waals surface area contributed by atoms with Crippen molar-refractivity contribution in [1.82, 2.24) is 4.90 Å². The molecule has 2 unspecified atom stereocenters. The highest BCUT2D eigenvalue weighted by Gasteiger charge is 2.30. The Morgan fingerprint density at radius 1 is 1.42 bits per heavy atom. The summed E-state index contributed by atoms with van der Waals surface area (Å²) < 4.78 is 5.52. The van der Waals surface area contributed by atoms with Crippen molar-refractivity contribution in [2.75, 3.05) is 19.7 Å². The fourth-order valence-electron chi connectivity index (χ4n) is 2.66. The maximum atomic E-state index is 12.2. The molecule has 104 valence electrons. The number of hydrogen-bond donors (Lipinski definition) is 1. The van der Waals surface area contributed by atoms with Crippen LogP contribution in [0.5, 0.6) is 5.75 Å². The first-order valence-corrected chi connectivity index (χ1v) is 6.89. The van der Waals surface area contributed by atoms with Gasteiger partial charge < -0.3 is 15.4 Å². The van der Waals surface area contributed by atoms with Gasteiger partial charge in [-0.2, -0.15) is 0 Å². The summed E-state index contributed by atoms with van der Waals surface area (Å²) in [5.41, 5.74) is 5.79. The van der Waals surface area contributed by atoms with Gasteiger partial charge in [-0.3, -0.25) is 4.79 Å². The number of nitrogens with two attached hydrogens (primary N) is 1. The molecule has 1 heterocycles. The highest BCUT2D eigenvalue weighted by molar-refractivity contribution is 5.78. The van der Waals surface area contributed by atoms with E-state index in [2.05, 4.69) is 6.92 Å². The van der Waals surface area contributed by atoms with E-state index in [1.54, 1.807) is 0 Å². The van der Waals surface area contributed by atoms with E-state index in [1.807, 2.05) is 35.2 Å². The molecule has 0 aromatic heterocycles. The molecule has 19 heavy (non-hydrogen) atoms. The largest absolute Gasteiger partial charge is 0.484 e. The lowest BCUT2D eigenvalue weighted by molar-refractivity contribution is -0.138. The van der Waals surface area contributed by atoms with Crippen LogP contribution >= 0.6 is 0 Å². The van der Waals surface area contributed by atoms with Crippen molar-refractivity contribution in [3.05, 3.63) is 30.3 Å². The van der Waals surface area contributed by atoms with Crippen molar-refractivity contribution in [3.8, 4) is 5.75 Å². The Kier molecular flexibility index (Phi) is 4.80. The Balaban J connectivity index is 1.91. The number of carbonyl (C=O) groups excluding carboxylic acids is 1. The van der Waals surface area contributed by atoms with Gasteiger partial charge in [-0.25, -0.2) is 0 Å². The van der Waals surface area contributed by atoms with Crippen molar-refractivity contribution >= 4 is 5.91 Å². The first kappa shape index (κ1) is 13.9. The molecule has 0 aliphatic carbocycles. The molecule has 1 aliphatic rings. The van der Waals surface area contributed by atoms with E-state index in [4.69, 9.17) is 10.5 Å². The van der Waals surface area contributed by atoms with E-state index in [1.165, 1.54) is 0 Å². The van der Waals surface area contributed by atoms with Gasteiger partial charge in [0.1, 0.15) is 5.75 Å². The van der Waals surface area contributed by atoms with E-state index in [9.17, 15) is 4.79 Å². The molecule has 1 aromatic carbocycles. The van der Waals surface area contributed by atoms with Crippen molar-refractivity contribution in [2.24, 2.45) is 11.7 Å². The Morgan fingerprint density at radius 2 is 2.16 bits per heavy atom. The first-order chi connectivity index (χ1) is 9.22. The number of nitrogens with zero attached hydrogens (tertiary/aromatic N) is 1. The molecule has 1 aromatic rings. The summed E-state index contributed by atoms with van der Waals surface area (Å²) in [7, 11) is 0. The molecule has 0 saturated carbocycles. The van der Waals surface area contributed by atoms with Gasteiger partial charge in [0.2, 0.25) is 0 Å². The van der Waals surface area contributed by atoms with E-state index in [-0.39, 0.29) is 18.6 Å². The number of ether oxygens (including phenoxy) is 1. The second-order valence-corrected chi connectivity index (χ2v) is 5.11. The van der Waals surface area contributed by atoms with Gasteiger partial charge in [0.15, 0.2) is 6.61 Å². The lowest BCUT2D eigenvalue weighted by Crippen LogP contribution is -2.52. The smallest absolute Gasteiger partial charge is 0.260 e. The van der Waals surface area contributed by atoms with Crippen LogP contribution in [0.4, 0.5) is 0 Å². The van der Waals surface area contributed by atoms with Crippen LogP contribution in [0.15, 0.2) is 30.3 Å². The number of likely N-dealkylation sites (tertiary alicyclic amines) is 1. The number of para-hydroxylation sites is 1. The molecule has 2 rings (SSSR count). The van der Waals surface area contributed by atoms with E-state index in [0.29, 0.717) is 12.5 Å². The van der Waals surface area contributed by atoms with E-state index >= 15 is 0 Å². The molecule has 2 atom stereocenters. The van der Waals surface area contributed by atoms with Crippen LogP contribution in [0, 0.1) is 5.92 Å². The predicted octanol–water partition coefficient (Wildman–Crippen LogP) is 1.65. The predicted molar refractivity (Wildman–Crippen MR) is 74.9 cm³/mol. The second-order valence-electron chi connectivity index (χ2n) is 5.11. The fraction of sp³-hybridized carbons (Fsp3) is 0.533. The summed E-state index contributed by atoms with van der Waals surface area (Å²) in [6.45, 7) is 3.57. The van der Waals surface area contributed by atoms with Crippen molar-refractivity contribution in [1.29, 1.82) is 0 Å². The standard InChI is InChI=1S/C15H22N2O2/c1-12-6-5-9-17(14(12)10-16)15(18)11-19-13-7-3-2-4-8-13/h2-4,7-8,12,14H,5-6,9-11,16H2,1H3. The minimum atomic E-state index is 0.0332. The van der Waals surface area contributed by atoms with E-state index < -0.39 is 0 Å². The van der Waals surface area contributed by atoms with Crippen LogP contribution in [0.2, 0.25) is 0 Å². The third kappa shape index (κ3) is 3.47. The van der Waals surface area contributed by atoms with Crippen molar-refractivity contribution < 1.29 is 9.53 Å². The SMILES string of the molecule is CC1CCCN(C(=O)COc2ccccc2)C1CN. The maximum absolute atomic E-state index is 12.2. The zero-order valence-electron chi connectivity index (χ0n) is 11.4. The lowest BCUT2D eigenvalue weighted by atomic mass is 9.91. The normalized spacial score (nSPS) is 23.2. The maximum Gasteiger partial charge on any atom is 0.260 e. The summed E-state index contributed by atoms with van der Waals surface area (Å²) in [6.07, 6.45) is 2.19. The van der Waals surface area contributed by atoms with E-state index in [0.717, 1.165) is 25.1 Å². The fourth-order valence-corrected chi connectivity index (χ4v) is 2.66. The number of benzene rings is 1. The lowest BCUT2D eigenvalue weighted by Gasteiger charge is -2.39. The Bertz CT molecular complexity index is 408. The Morgan fingerprint density at radius 3 is 2.84 bits per heavy atom. The van der Waals surface area contributed by atoms with Gasteiger partial charge in [0.05, 0.1) is 0 Å². The van der Waals surface area contributed by atoms with Crippen LogP contribution in [-0.4, -0.2) is 36.5 Å². The van der Waals surface area contributed by atoms with Crippen LogP contribution in [0.3, 0.4) is 0 Å². The zero-order valence-corrected chi connectivity index (χ0v) is 11.4. The van der Waals surface area contributed by atoms with Gasteiger partial charge in [0, 0.05) is 19.1 Å². The number of piperidine rings is 1. The number of amides is 1. The van der Waals surface area contributed by atoms with Crippen molar-refractivity contribution in [2.45, 2.75) is 25.8 Å². The topological polar surface area (TPSA) is 55.6 Å². The molecule has 0 bridgehead atoms. The summed E-state index contributed by atoms with van der Waals surface area (Å²) in [5, 5.41) is 0. The second kappa shape index (κ2) is 6.57. The average molecular weight is 262 g/mol. The summed E-state index contributed by atoms with van der Waals surface area (Å²) in [6, 6.07) is 9.57. The molecular formula is C15H22N2O2. The molecule has 4 heteroatoms. The Hall–Kier alpha value is -1.55. The van der Waals surface area contributed by atoms with Gasteiger partial charge in [-0.15, -0.1) is 0 Å². The molecule has 0 radical (unpaired) electrons. The first-order valence-electron chi connectivity index (χ1n) is 6.89. The Labute approximate surface area is 114 Å². The monoisotopic (exact) mass is 262 g/mol. The molecule has 1 aliphatic heterocycles. The molecule has 1 fully saturated rings. The van der Waals surface area contributed by atoms with Crippen LogP contribution in [0.25, 0.3) is 0 Å². The molecule has 1 amide bonds. The average Bonchev–Trinajstić information content (AvgIpc) is 2.45. The summed E-state index contributed by atoms with van der Waals surface area (Å²) in [5.74, 6) is 1.23. The molecule has 4 nitrogen and oxygen atoms in total. The highest BCUT2D eigenvalue weighted by atomic mass is 16.5. The summed E-state index contributed by atoms with van der Waals surface area (Å²) in [4.78, 5) is 14.1. The van der Waals surface area contributed by atoms with Crippen molar-refractivity contribution in [3.63, 3.8) is 0 Å². The highest BCUT2D eigenvalue weighted by Crippen LogP contribution is 2.22. The molecule has 1 saturated heterocycles. The zero-order chi connectivity index (χ0) is 13.7. The van der Waals surface area contributed by atoms with Gasteiger partial charge >= 0.3 is 0 Å². The molecule has 0 spiro atoms. The van der Waals surface area contributed by atoms with Crippen LogP contribution in [0.1, 0.15) is 19.8 Å². The molecule has 2 N–H and O–H groups in total. The third-order valence-electron chi connectivity index (χ3n) is 3.78.